The zero-order valence-corrected chi connectivity index (χ0v) is 11.8. The molecular weight excluding hydrogens is 248 g/mol. The van der Waals surface area contributed by atoms with Gasteiger partial charge < -0.3 is 20.5 Å². The van der Waals surface area contributed by atoms with Gasteiger partial charge in [0.15, 0.2) is 0 Å². The van der Waals surface area contributed by atoms with Crippen molar-refractivity contribution in [2.24, 2.45) is 5.73 Å². The minimum Gasteiger partial charge on any atom is -0.423 e. The average Bonchev–Trinajstić information content (AvgIpc) is 2.26. The van der Waals surface area contributed by atoms with Gasteiger partial charge in [0, 0.05) is 6.54 Å². The number of rotatable bonds is 5. The number of nitrogens with two attached hydrogens (primary N) is 1. The molecule has 4 nitrogen and oxygen atoms in total. The highest BCUT2D eigenvalue weighted by molar-refractivity contribution is 6.60. The van der Waals surface area contributed by atoms with Gasteiger partial charge in [-0.2, -0.15) is 0 Å². The van der Waals surface area contributed by atoms with Gasteiger partial charge in [-0.1, -0.05) is 6.07 Å². The number of benzene rings is 1. The van der Waals surface area contributed by atoms with Crippen LogP contribution in [0.25, 0.3) is 0 Å². The van der Waals surface area contributed by atoms with E-state index in [1.807, 2.05) is 0 Å². The van der Waals surface area contributed by atoms with Crippen molar-refractivity contribution in [2.75, 3.05) is 0 Å². The van der Waals surface area contributed by atoms with Crippen molar-refractivity contribution in [3.63, 3.8) is 0 Å². The summed E-state index contributed by atoms with van der Waals surface area (Å²) in [6.07, 6.45) is 0. The molecule has 1 aromatic carbocycles. The molecular formula is C13H21BFNO3. The summed E-state index contributed by atoms with van der Waals surface area (Å²) in [5.74, 6) is -0.418. The number of halogens is 1. The maximum Gasteiger partial charge on any atom is 0.491 e. The molecule has 0 aromatic heterocycles. The number of hydrogen-bond donors (Lipinski definition) is 3. The minimum atomic E-state index is -1.28. The van der Waals surface area contributed by atoms with E-state index in [9.17, 15) is 14.5 Å². The van der Waals surface area contributed by atoms with Crippen LogP contribution in [0.3, 0.4) is 0 Å². The Morgan fingerprint density at radius 3 is 2.37 bits per heavy atom. The zero-order chi connectivity index (χ0) is 14.8. The van der Waals surface area contributed by atoms with Crippen molar-refractivity contribution >= 4 is 12.6 Å². The molecule has 0 unspecified atom stereocenters. The van der Waals surface area contributed by atoms with Crippen LogP contribution in [0.5, 0.6) is 0 Å². The predicted molar refractivity (Wildman–Crippen MR) is 73.4 cm³/mol. The summed E-state index contributed by atoms with van der Waals surface area (Å²) < 4.78 is 18.6. The Kier molecular flexibility index (Phi) is 4.74. The molecule has 0 aliphatic rings. The highest BCUT2D eigenvalue weighted by atomic mass is 19.1. The van der Waals surface area contributed by atoms with Crippen molar-refractivity contribution in [3.8, 4) is 0 Å². The third-order valence-corrected chi connectivity index (χ3v) is 3.47. The van der Waals surface area contributed by atoms with Gasteiger partial charge in [0.05, 0.1) is 11.2 Å². The first-order valence-corrected chi connectivity index (χ1v) is 6.15. The van der Waals surface area contributed by atoms with Crippen LogP contribution in [0.4, 0.5) is 4.39 Å². The third kappa shape index (κ3) is 3.76. The van der Waals surface area contributed by atoms with Crippen molar-refractivity contribution in [1.82, 2.24) is 0 Å². The molecule has 0 heterocycles. The molecule has 0 aliphatic heterocycles. The van der Waals surface area contributed by atoms with Crippen LogP contribution in [0, 0.1) is 5.82 Å². The molecule has 4 N–H and O–H groups in total. The lowest BCUT2D eigenvalue weighted by Gasteiger charge is -2.38. The van der Waals surface area contributed by atoms with Crippen LogP contribution in [0.1, 0.15) is 33.3 Å². The Morgan fingerprint density at radius 1 is 1.32 bits per heavy atom. The first-order valence-electron chi connectivity index (χ1n) is 6.15. The third-order valence-electron chi connectivity index (χ3n) is 3.47. The molecule has 0 aliphatic carbocycles. The lowest BCUT2D eigenvalue weighted by Crippen LogP contribution is -2.53. The minimum absolute atomic E-state index is 0.0937. The summed E-state index contributed by atoms with van der Waals surface area (Å²) in [5.41, 5.74) is 4.28. The van der Waals surface area contributed by atoms with Crippen molar-refractivity contribution in [3.05, 3.63) is 29.6 Å². The lowest BCUT2D eigenvalue weighted by atomic mass is 9.74. The molecule has 0 bridgehead atoms. The Morgan fingerprint density at radius 2 is 1.89 bits per heavy atom. The lowest BCUT2D eigenvalue weighted by molar-refractivity contribution is -0.0982. The van der Waals surface area contributed by atoms with Crippen molar-refractivity contribution in [2.45, 2.75) is 45.4 Å². The summed E-state index contributed by atoms with van der Waals surface area (Å²) in [7, 11) is -1.28. The van der Waals surface area contributed by atoms with Crippen molar-refractivity contribution in [1.29, 1.82) is 0 Å². The van der Waals surface area contributed by atoms with Gasteiger partial charge in [-0.15, -0.1) is 0 Å². The van der Waals surface area contributed by atoms with Crippen LogP contribution in [0.15, 0.2) is 18.2 Å². The second-order valence-electron chi connectivity index (χ2n) is 5.59. The molecule has 0 saturated heterocycles. The van der Waals surface area contributed by atoms with Gasteiger partial charge >= 0.3 is 7.12 Å². The van der Waals surface area contributed by atoms with Gasteiger partial charge in [-0.25, -0.2) is 4.39 Å². The number of aliphatic hydroxyl groups is 1. The molecule has 0 radical (unpaired) electrons. The van der Waals surface area contributed by atoms with E-state index in [2.05, 4.69) is 0 Å². The topological polar surface area (TPSA) is 75.7 Å². The van der Waals surface area contributed by atoms with E-state index in [-0.39, 0.29) is 6.54 Å². The quantitative estimate of drug-likeness (QED) is 0.682. The fraction of sp³-hybridized carbons (Fsp3) is 0.538. The number of hydrogen-bond acceptors (Lipinski definition) is 4. The monoisotopic (exact) mass is 269 g/mol. The van der Waals surface area contributed by atoms with E-state index in [1.54, 1.807) is 27.7 Å². The molecule has 0 atom stereocenters. The summed E-state index contributed by atoms with van der Waals surface area (Å²) in [6.45, 7) is 6.61. The smallest absolute Gasteiger partial charge is 0.423 e. The van der Waals surface area contributed by atoms with Gasteiger partial charge in [0.2, 0.25) is 0 Å². The van der Waals surface area contributed by atoms with E-state index in [0.717, 1.165) is 0 Å². The first-order chi connectivity index (χ1) is 8.58. The van der Waals surface area contributed by atoms with E-state index in [4.69, 9.17) is 10.4 Å². The Hall–Kier alpha value is -0.945. The molecule has 1 aromatic rings. The van der Waals surface area contributed by atoms with Gasteiger partial charge in [0.25, 0.3) is 0 Å². The van der Waals surface area contributed by atoms with Crippen molar-refractivity contribution < 1.29 is 19.2 Å². The SMILES string of the molecule is CC(C)(O)C(C)(C)OB(O)c1ccc(F)cc1CN. The average molecular weight is 269 g/mol. The maximum absolute atomic E-state index is 13.1. The second kappa shape index (κ2) is 5.59. The van der Waals surface area contributed by atoms with Gasteiger partial charge in [-0.05, 0) is 50.9 Å². The summed E-state index contributed by atoms with van der Waals surface area (Å²) >= 11 is 0. The first kappa shape index (κ1) is 16.1. The Balaban J connectivity index is 2.99. The largest absolute Gasteiger partial charge is 0.491 e. The van der Waals surface area contributed by atoms with E-state index >= 15 is 0 Å². The van der Waals surface area contributed by atoms with Crippen LogP contribution in [-0.4, -0.2) is 28.5 Å². The predicted octanol–water partition coefficient (Wildman–Crippen LogP) is 0.538. The van der Waals surface area contributed by atoms with Crippen LogP contribution in [-0.2, 0) is 11.2 Å². The van der Waals surface area contributed by atoms with E-state index in [0.29, 0.717) is 11.0 Å². The zero-order valence-electron chi connectivity index (χ0n) is 11.8. The summed E-state index contributed by atoms with van der Waals surface area (Å²) in [4.78, 5) is 0. The molecule has 6 heteroatoms. The molecule has 0 saturated carbocycles. The Bertz CT molecular complexity index is 446. The fourth-order valence-electron chi connectivity index (χ4n) is 1.48. The van der Waals surface area contributed by atoms with Crippen LogP contribution < -0.4 is 11.2 Å². The van der Waals surface area contributed by atoms with Crippen LogP contribution >= 0.6 is 0 Å². The molecule has 106 valence electrons. The molecule has 0 amide bonds. The standard InChI is InChI=1S/C13H21BFNO3/c1-12(2,17)13(3,4)19-14(18)11-6-5-10(15)7-9(11)8-16/h5-7,17-18H,8,16H2,1-4H3. The van der Waals surface area contributed by atoms with Crippen LogP contribution in [0.2, 0.25) is 0 Å². The molecule has 1 rings (SSSR count). The summed E-state index contributed by atoms with van der Waals surface area (Å²) in [5, 5.41) is 20.1. The van der Waals surface area contributed by atoms with Gasteiger partial charge in [0.1, 0.15) is 5.82 Å². The fourth-order valence-corrected chi connectivity index (χ4v) is 1.48. The van der Waals surface area contributed by atoms with Gasteiger partial charge in [-0.3, -0.25) is 0 Å². The van der Waals surface area contributed by atoms with E-state index in [1.165, 1.54) is 18.2 Å². The molecule has 19 heavy (non-hydrogen) atoms. The highest BCUT2D eigenvalue weighted by Crippen LogP contribution is 2.25. The highest BCUT2D eigenvalue weighted by Gasteiger charge is 2.39. The van der Waals surface area contributed by atoms with E-state index < -0.39 is 24.1 Å². The second-order valence-corrected chi connectivity index (χ2v) is 5.59. The normalized spacial score (nSPS) is 12.6. The maximum atomic E-state index is 13.1. The molecule has 0 spiro atoms. The Labute approximate surface area is 113 Å². The molecule has 0 fully saturated rings. The summed E-state index contributed by atoms with van der Waals surface area (Å²) in [6, 6.07) is 3.93.